The van der Waals surface area contributed by atoms with E-state index in [1.807, 2.05) is 24.3 Å². The molecule has 0 saturated heterocycles. The van der Waals surface area contributed by atoms with Crippen LogP contribution in [0.5, 0.6) is 0 Å². The quantitative estimate of drug-likeness (QED) is 0.601. The van der Waals surface area contributed by atoms with Gasteiger partial charge in [0.1, 0.15) is 18.1 Å². The van der Waals surface area contributed by atoms with Crippen LogP contribution in [-0.2, 0) is 24.2 Å². The number of anilines is 1. The van der Waals surface area contributed by atoms with Gasteiger partial charge in [0.05, 0.1) is 23.6 Å². The number of quaternary nitrogens is 1. The summed E-state index contributed by atoms with van der Waals surface area (Å²) < 4.78 is 5.31. The van der Waals surface area contributed by atoms with Crippen molar-refractivity contribution in [2.75, 3.05) is 18.5 Å². The Kier molecular flexibility index (Phi) is 6.26. The summed E-state index contributed by atoms with van der Waals surface area (Å²) >= 11 is 1.50. The monoisotopic (exact) mass is 421 g/mol. The first-order valence-corrected chi connectivity index (χ1v) is 11.0. The molecule has 4 rings (SSSR count). The summed E-state index contributed by atoms with van der Waals surface area (Å²) in [7, 11) is 0. The van der Waals surface area contributed by atoms with Crippen molar-refractivity contribution >= 4 is 28.2 Å². The number of hydrogen-bond donors (Lipinski definition) is 2. The van der Waals surface area contributed by atoms with Crippen molar-refractivity contribution in [2.45, 2.75) is 26.4 Å². The van der Waals surface area contributed by atoms with Gasteiger partial charge in [0.15, 0.2) is 0 Å². The highest BCUT2D eigenvalue weighted by atomic mass is 32.1. The fourth-order valence-corrected chi connectivity index (χ4v) is 5.15. The average molecular weight is 422 g/mol. The van der Waals surface area contributed by atoms with Gasteiger partial charge in [-0.3, -0.25) is 4.79 Å². The zero-order chi connectivity index (χ0) is 20.9. The highest BCUT2D eigenvalue weighted by Crippen LogP contribution is 2.35. The molecular formula is C24H25N2O3S+. The van der Waals surface area contributed by atoms with Crippen LogP contribution in [0.25, 0.3) is 0 Å². The second-order valence-electron chi connectivity index (χ2n) is 7.34. The van der Waals surface area contributed by atoms with Crippen LogP contribution >= 0.6 is 11.3 Å². The largest absolute Gasteiger partial charge is 0.462 e. The Labute approximate surface area is 180 Å². The van der Waals surface area contributed by atoms with E-state index >= 15 is 0 Å². The number of thiophene rings is 1. The van der Waals surface area contributed by atoms with Crippen LogP contribution in [0.15, 0.2) is 60.7 Å². The molecule has 0 spiro atoms. The average Bonchev–Trinajstić information content (AvgIpc) is 3.12. The lowest BCUT2D eigenvalue weighted by molar-refractivity contribution is -0.929. The van der Waals surface area contributed by atoms with Crippen LogP contribution in [0.4, 0.5) is 5.00 Å². The minimum atomic E-state index is -0.357. The minimum Gasteiger partial charge on any atom is -0.462 e. The van der Waals surface area contributed by atoms with Gasteiger partial charge >= 0.3 is 5.97 Å². The third kappa shape index (κ3) is 4.45. The molecule has 5 nitrogen and oxygen atoms in total. The standard InChI is InChI=1S/C24H24N2O3S/c1-2-29-24(28)21-19-13-14-26(15-17-9-5-3-6-10-17)16-20(19)30-23(21)25-22(27)18-11-7-4-8-12-18/h3-12H,2,13-16H2,1H3,(H,25,27)/p+1. The lowest BCUT2D eigenvalue weighted by Gasteiger charge is -2.24. The number of carbonyl (C=O) groups is 2. The summed E-state index contributed by atoms with van der Waals surface area (Å²) in [6.45, 7) is 4.82. The van der Waals surface area contributed by atoms with Crippen LogP contribution < -0.4 is 10.2 Å². The summed E-state index contributed by atoms with van der Waals surface area (Å²) in [5, 5.41) is 3.55. The van der Waals surface area contributed by atoms with Gasteiger partial charge in [0.2, 0.25) is 0 Å². The summed E-state index contributed by atoms with van der Waals surface area (Å²) in [4.78, 5) is 28.0. The maximum absolute atomic E-state index is 12.7. The van der Waals surface area contributed by atoms with Crippen molar-refractivity contribution in [3.8, 4) is 0 Å². The summed E-state index contributed by atoms with van der Waals surface area (Å²) in [5.74, 6) is -0.571. The summed E-state index contributed by atoms with van der Waals surface area (Å²) in [6, 6.07) is 19.5. The van der Waals surface area contributed by atoms with Gasteiger partial charge in [-0.2, -0.15) is 0 Å². The Hall–Kier alpha value is -2.96. The molecule has 0 fully saturated rings. The number of ether oxygens (including phenoxy) is 1. The number of rotatable bonds is 6. The lowest BCUT2D eigenvalue weighted by atomic mass is 10.0. The number of amides is 1. The Balaban J connectivity index is 1.59. The highest BCUT2D eigenvalue weighted by Gasteiger charge is 2.31. The van der Waals surface area contributed by atoms with E-state index < -0.39 is 0 Å². The summed E-state index contributed by atoms with van der Waals surface area (Å²) in [6.07, 6.45) is 0.795. The van der Waals surface area contributed by atoms with E-state index in [-0.39, 0.29) is 11.9 Å². The van der Waals surface area contributed by atoms with E-state index in [4.69, 9.17) is 4.74 Å². The van der Waals surface area contributed by atoms with Crippen LogP contribution in [0.2, 0.25) is 0 Å². The third-order valence-corrected chi connectivity index (χ3v) is 6.42. The predicted octanol–water partition coefficient (Wildman–Crippen LogP) is 3.32. The first kappa shape index (κ1) is 20.3. The maximum atomic E-state index is 12.7. The van der Waals surface area contributed by atoms with Crippen molar-refractivity contribution in [3.63, 3.8) is 0 Å². The van der Waals surface area contributed by atoms with Crippen LogP contribution in [0.3, 0.4) is 0 Å². The molecule has 154 valence electrons. The van der Waals surface area contributed by atoms with Crippen molar-refractivity contribution in [1.82, 2.24) is 0 Å². The fraction of sp³-hybridized carbons (Fsp3) is 0.250. The van der Waals surface area contributed by atoms with Crippen molar-refractivity contribution in [2.24, 2.45) is 0 Å². The number of esters is 1. The molecule has 0 aliphatic carbocycles. The van der Waals surface area contributed by atoms with E-state index in [0.717, 1.165) is 36.5 Å². The first-order valence-electron chi connectivity index (χ1n) is 10.2. The van der Waals surface area contributed by atoms with Gasteiger partial charge in [-0.1, -0.05) is 48.5 Å². The number of carbonyl (C=O) groups excluding carboxylic acids is 2. The molecule has 30 heavy (non-hydrogen) atoms. The zero-order valence-corrected chi connectivity index (χ0v) is 17.8. The Morgan fingerprint density at radius 2 is 1.77 bits per heavy atom. The van der Waals surface area contributed by atoms with Gasteiger partial charge in [-0.25, -0.2) is 4.79 Å². The van der Waals surface area contributed by atoms with E-state index in [9.17, 15) is 9.59 Å². The minimum absolute atomic E-state index is 0.215. The molecule has 3 aromatic rings. The molecule has 0 saturated carbocycles. The fourth-order valence-electron chi connectivity index (χ4n) is 3.84. The van der Waals surface area contributed by atoms with Gasteiger partial charge in [0.25, 0.3) is 5.91 Å². The molecule has 2 aromatic carbocycles. The molecule has 0 bridgehead atoms. The molecule has 1 amide bonds. The number of benzene rings is 2. The smallest absolute Gasteiger partial charge is 0.341 e. The van der Waals surface area contributed by atoms with E-state index in [0.29, 0.717) is 22.7 Å². The Morgan fingerprint density at radius 3 is 2.47 bits per heavy atom. The van der Waals surface area contributed by atoms with Gasteiger partial charge in [0, 0.05) is 17.5 Å². The van der Waals surface area contributed by atoms with Crippen molar-refractivity contribution < 1.29 is 19.2 Å². The molecule has 2 heterocycles. The molecule has 1 atom stereocenters. The SMILES string of the molecule is CCOC(=O)c1c(NC(=O)c2ccccc2)sc2c1CC[NH+](Cc1ccccc1)C2. The molecule has 1 aliphatic rings. The molecule has 0 radical (unpaired) electrons. The van der Waals surface area contributed by atoms with Crippen LogP contribution in [-0.4, -0.2) is 25.0 Å². The van der Waals surface area contributed by atoms with Gasteiger partial charge < -0.3 is 15.0 Å². The first-order chi connectivity index (χ1) is 14.7. The molecule has 6 heteroatoms. The van der Waals surface area contributed by atoms with Crippen LogP contribution in [0.1, 0.15) is 43.6 Å². The van der Waals surface area contributed by atoms with Gasteiger partial charge in [-0.05, 0) is 24.6 Å². The van der Waals surface area contributed by atoms with Gasteiger partial charge in [-0.15, -0.1) is 11.3 Å². The van der Waals surface area contributed by atoms with Crippen molar-refractivity contribution in [3.05, 3.63) is 87.8 Å². The third-order valence-electron chi connectivity index (χ3n) is 5.27. The highest BCUT2D eigenvalue weighted by molar-refractivity contribution is 7.17. The molecule has 1 aromatic heterocycles. The van der Waals surface area contributed by atoms with E-state index in [2.05, 4.69) is 29.6 Å². The molecular weight excluding hydrogens is 396 g/mol. The second-order valence-corrected chi connectivity index (χ2v) is 8.44. The van der Waals surface area contributed by atoms with E-state index in [1.54, 1.807) is 19.1 Å². The lowest BCUT2D eigenvalue weighted by Crippen LogP contribution is -3.10. The number of hydrogen-bond acceptors (Lipinski definition) is 4. The topological polar surface area (TPSA) is 59.8 Å². The second kappa shape index (κ2) is 9.24. The molecule has 2 N–H and O–H groups in total. The molecule has 1 aliphatic heterocycles. The maximum Gasteiger partial charge on any atom is 0.341 e. The zero-order valence-electron chi connectivity index (χ0n) is 16.9. The van der Waals surface area contributed by atoms with Crippen molar-refractivity contribution in [1.29, 1.82) is 0 Å². The predicted molar refractivity (Wildman–Crippen MR) is 118 cm³/mol. The van der Waals surface area contributed by atoms with Crippen LogP contribution in [0, 0.1) is 0 Å². The molecule has 1 unspecified atom stereocenters. The number of nitrogens with one attached hydrogen (secondary N) is 2. The van der Waals surface area contributed by atoms with E-state index in [1.165, 1.54) is 21.8 Å². The summed E-state index contributed by atoms with van der Waals surface area (Å²) in [5.41, 5.74) is 3.42. The Bertz CT molecular complexity index is 1030. The Morgan fingerprint density at radius 1 is 1.07 bits per heavy atom. The number of fused-ring (bicyclic) bond motifs is 1. The normalized spacial score (nSPS) is 15.3.